The van der Waals surface area contributed by atoms with Crippen LogP contribution >= 0.6 is 11.6 Å². The molecule has 5 rings (SSSR count). The summed E-state index contributed by atoms with van der Waals surface area (Å²) in [7, 11) is 0. The second-order valence-electron chi connectivity index (χ2n) is 8.82. The summed E-state index contributed by atoms with van der Waals surface area (Å²) < 4.78 is 7.16. The van der Waals surface area contributed by atoms with Crippen LogP contribution in [0.4, 0.5) is 5.82 Å². The number of hydrogen-bond donors (Lipinski definition) is 0. The van der Waals surface area contributed by atoms with E-state index in [1.165, 1.54) is 0 Å². The van der Waals surface area contributed by atoms with E-state index >= 15 is 0 Å². The van der Waals surface area contributed by atoms with Crippen LogP contribution in [0.5, 0.6) is 0 Å². The molecule has 0 atom stereocenters. The third-order valence-electron chi connectivity index (χ3n) is 5.32. The molecule has 1 spiro atoms. The van der Waals surface area contributed by atoms with Gasteiger partial charge >= 0.3 is 0 Å². The lowest BCUT2D eigenvalue weighted by molar-refractivity contribution is -0.127. The SMILES string of the molecule is CC(C)(C)c1nc(N2CC3(COC3)C2)c2nnn(Cc3ncccc3Cl)c2n1. The molecular weight excluding hydrogens is 378 g/mol. The standard InChI is InChI=1S/C19H22ClN7O/c1-18(2,3)17-22-15(26-8-19(9-26)10-28-11-19)14-16(23-17)27(25-24-14)7-13-12(20)5-4-6-21-13/h4-6H,7-11H2,1-3H3. The van der Waals surface area contributed by atoms with Gasteiger partial charge in [-0.05, 0) is 12.1 Å². The lowest BCUT2D eigenvalue weighted by atomic mass is 9.78. The lowest BCUT2D eigenvalue weighted by Gasteiger charge is -2.55. The zero-order chi connectivity index (χ0) is 19.5. The maximum Gasteiger partial charge on any atom is 0.184 e. The van der Waals surface area contributed by atoms with E-state index < -0.39 is 0 Å². The van der Waals surface area contributed by atoms with Gasteiger partial charge in [-0.1, -0.05) is 37.6 Å². The Morgan fingerprint density at radius 1 is 1.21 bits per heavy atom. The molecular formula is C19H22ClN7O. The average molecular weight is 400 g/mol. The summed E-state index contributed by atoms with van der Waals surface area (Å²) in [5.41, 5.74) is 2.26. The molecule has 0 N–H and O–H groups in total. The van der Waals surface area contributed by atoms with E-state index in [0.29, 0.717) is 17.2 Å². The van der Waals surface area contributed by atoms with Gasteiger partial charge < -0.3 is 9.64 Å². The summed E-state index contributed by atoms with van der Waals surface area (Å²) in [6.45, 7) is 10.3. The van der Waals surface area contributed by atoms with Crippen LogP contribution in [0, 0.1) is 5.41 Å². The van der Waals surface area contributed by atoms with Crippen molar-refractivity contribution < 1.29 is 4.74 Å². The molecule has 0 bridgehead atoms. The summed E-state index contributed by atoms with van der Waals surface area (Å²) in [5, 5.41) is 9.35. The Bertz CT molecular complexity index is 1050. The van der Waals surface area contributed by atoms with Gasteiger partial charge in [0, 0.05) is 24.7 Å². The zero-order valence-corrected chi connectivity index (χ0v) is 16.9. The van der Waals surface area contributed by atoms with Gasteiger partial charge in [-0.2, -0.15) is 0 Å². The molecule has 146 valence electrons. The fourth-order valence-corrected chi connectivity index (χ4v) is 3.85. The predicted octanol–water partition coefficient (Wildman–Crippen LogP) is 2.45. The second-order valence-corrected chi connectivity index (χ2v) is 9.23. The molecule has 0 unspecified atom stereocenters. The Balaban J connectivity index is 1.58. The van der Waals surface area contributed by atoms with Gasteiger partial charge in [-0.25, -0.2) is 14.6 Å². The maximum atomic E-state index is 6.29. The fraction of sp³-hybridized carbons (Fsp3) is 0.526. The number of anilines is 1. The van der Waals surface area contributed by atoms with Gasteiger partial charge in [0.25, 0.3) is 0 Å². The first-order valence-corrected chi connectivity index (χ1v) is 9.76. The van der Waals surface area contributed by atoms with Crippen molar-refractivity contribution in [3.63, 3.8) is 0 Å². The Hall–Kier alpha value is -2.32. The van der Waals surface area contributed by atoms with Gasteiger partial charge in [0.2, 0.25) is 0 Å². The fourth-order valence-electron chi connectivity index (χ4n) is 3.67. The maximum absolute atomic E-state index is 6.29. The summed E-state index contributed by atoms with van der Waals surface area (Å²) in [6.07, 6.45) is 1.72. The van der Waals surface area contributed by atoms with Crippen molar-refractivity contribution in [3.05, 3.63) is 34.9 Å². The molecule has 5 heterocycles. The topological polar surface area (TPSA) is 81.9 Å². The minimum atomic E-state index is -0.192. The lowest BCUT2D eigenvalue weighted by Crippen LogP contribution is -2.66. The smallest absolute Gasteiger partial charge is 0.184 e. The number of nitrogens with zero attached hydrogens (tertiary/aromatic N) is 7. The van der Waals surface area contributed by atoms with Crippen molar-refractivity contribution in [3.8, 4) is 0 Å². The zero-order valence-electron chi connectivity index (χ0n) is 16.2. The Labute approximate surface area is 167 Å². The first kappa shape index (κ1) is 17.8. The van der Waals surface area contributed by atoms with Gasteiger partial charge in [-0.15, -0.1) is 5.10 Å². The van der Waals surface area contributed by atoms with Crippen LogP contribution < -0.4 is 4.90 Å². The van der Waals surface area contributed by atoms with E-state index in [9.17, 15) is 0 Å². The molecule has 0 amide bonds. The molecule has 28 heavy (non-hydrogen) atoms. The van der Waals surface area contributed by atoms with Crippen LogP contribution in [0.15, 0.2) is 18.3 Å². The summed E-state index contributed by atoms with van der Waals surface area (Å²) in [6, 6.07) is 3.64. The molecule has 2 aliphatic rings. The molecule has 2 fully saturated rings. The Morgan fingerprint density at radius 2 is 2.00 bits per heavy atom. The molecule has 2 saturated heterocycles. The monoisotopic (exact) mass is 399 g/mol. The molecule has 0 aliphatic carbocycles. The van der Waals surface area contributed by atoms with E-state index in [-0.39, 0.29) is 10.8 Å². The second kappa shape index (κ2) is 6.09. The Kier molecular flexibility index (Phi) is 3.86. The van der Waals surface area contributed by atoms with Crippen LogP contribution in [-0.2, 0) is 16.7 Å². The third-order valence-corrected chi connectivity index (χ3v) is 5.66. The van der Waals surface area contributed by atoms with Gasteiger partial charge in [0.15, 0.2) is 17.0 Å². The van der Waals surface area contributed by atoms with Gasteiger partial charge in [0.1, 0.15) is 5.82 Å². The van der Waals surface area contributed by atoms with Crippen molar-refractivity contribution in [1.29, 1.82) is 0 Å². The van der Waals surface area contributed by atoms with Gasteiger partial charge in [0.05, 0.1) is 35.9 Å². The van der Waals surface area contributed by atoms with Crippen molar-refractivity contribution in [2.45, 2.75) is 32.7 Å². The average Bonchev–Trinajstić information content (AvgIpc) is 2.97. The molecule has 0 radical (unpaired) electrons. The summed E-state index contributed by atoms with van der Waals surface area (Å²) >= 11 is 6.29. The highest BCUT2D eigenvalue weighted by atomic mass is 35.5. The van der Waals surface area contributed by atoms with E-state index in [0.717, 1.165) is 49.2 Å². The molecule has 9 heteroatoms. The number of aromatic nitrogens is 6. The predicted molar refractivity (Wildman–Crippen MR) is 106 cm³/mol. The minimum Gasteiger partial charge on any atom is -0.380 e. The van der Waals surface area contributed by atoms with Crippen LogP contribution in [0.2, 0.25) is 5.02 Å². The highest BCUT2D eigenvalue weighted by Gasteiger charge is 2.50. The van der Waals surface area contributed by atoms with E-state index in [1.54, 1.807) is 10.9 Å². The number of pyridine rings is 1. The van der Waals surface area contributed by atoms with E-state index in [4.69, 9.17) is 26.3 Å². The van der Waals surface area contributed by atoms with Gasteiger partial charge in [-0.3, -0.25) is 4.98 Å². The number of halogens is 1. The van der Waals surface area contributed by atoms with Crippen LogP contribution in [0.3, 0.4) is 0 Å². The first-order chi connectivity index (χ1) is 13.3. The van der Waals surface area contributed by atoms with Crippen molar-refractivity contribution in [2.24, 2.45) is 5.41 Å². The minimum absolute atomic E-state index is 0.192. The molecule has 0 saturated carbocycles. The highest BCUT2D eigenvalue weighted by molar-refractivity contribution is 6.31. The van der Waals surface area contributed by atoms with Crippen LogP contribution in [0.1, 0.15) is 32.3 Å². The number of ether oxygens (including phenoxy) is 1. The normalized spacial score (nSPS) is 18.4. The quantitative estimate of drug-likeness (QED) is 0.669. The number of rotatable bonds is 3. The summed E-state index contributed by atoms with van der Waals surface area (Å²) in [5.74, 6) is 1.63. The first-order valence-electron chi connectivity index (χ1n) is 9.39. The van der Waals surface area contributed by atoms with E-state index in [1.807, 2.05) is 12.1 Å². The summed E-state index contributed by atoms with van der Waals surface area (Å²) in [4.78, 5) is 16.3. The van der Waals surface area contributed by atoms with E-state index in [2.05, 4.69) is 41.0 Å². The third kappa shape index (κ3) is 2.82. The van der Waals surface area contributed by atoms with Crippen molar-refractivity contribution in [2.75, 3.05) is 31.2 Å². The molecule has 3 aromatic heterocycles. The molecule has 8 nitrogen and oxygen atoms in total. The van der Waals surface area contributed by atoms with Crippen molar-refractivity contribution >= 4 is 28.6 Å². The molecule has 2 aliphatic heterocycles. The Morgan fingerprint density at radius 3 is 2.64 bits per heavy atom. The number of hydrogen-bond acceptors (Lipinski definition) is 7. The molecule has 3 aromatic rings. The van der Waals surface area contributed by atoms with Crippen LogP contribution in [-0.4, -0.2) is 56.2 Å². The largest absolute Gasteiger partial charge is 0.380 e. The van der Waals surface area contributed by atoms with Crippen LogP contribution in [0.25, 0.3) is 11.2 Å². The highest BCUT2D eigenvalue weighted by Crippen LogP contribution is 2.41. The molecule has 0 aromatic carbocycles. The number of fused-ring (bicyclic) bond motifs is 1. The van der Waals surface area contributed by atoms with Crippen molar-refractivity contribution in [1.82, 2.24) is 29.9 Å².